The SMILES string of the molecule is COCCN(C(=O)C(F)(F)F)c1cc(N(C)CCN(C)C)ccc1C(=O)O.Cl. The monoisotopic (exact) mass is 427 g/mol. The summed E-state index contributed by atoms with van der Waals surface area (Å²) >= 11 is 0. The first-order chi connectivity index (χ1) is 12.5. The zero-order chi connectivity index (χ0) is 20.8. The van der Waals surface area contributed by atoms with E-state index in [2.05, 4.69) is 0 Å². The van der Waals surface area contributed by atoms with Gasteiger partial charge in [-0.25, -0.2) is 4.79 Å². The van der Waals surface area contributed by atoms with Crippen LogP contribution in [-0.4, -0.2) is 82.6 Å². The molecule has 1 N–H and O–H groups in total. The summed E-state index contributed by atoms with van der Waals surface area (Å²) in [5.74, 6) is -3.57. The first kappa shape index (κ1) is 26.0. The highest BCUT2D eigenvalue weighted by Gasteiger charge is 2.43. The lowest BCUT2D eigenvalue weighted by Crippen LogP contribution is -2.43. The molecule has 0 saturated carbocycles. The molecule has 11 heteroatoms. The number of rotatable bonds is 9. The Hall–Kier alpha value is -2.04. The van der Waals surface area contributed by atoms with Crippen LogP contribution in [-0.2, 0) is 9.53 Å². The summed E-state index contributed by atoms with van der Waals surface area (Å²) in [6.45, 7) is 0.632. The summed E-state index contributed by atoms with van der Waals surface area (Å²) in [5, 5.41) is 9.36. The number of alkyl halides is 3. The molecule has 0 atom stereocenters. The van der Waals surface area contributed by atoms with Crippen LogP contribution in [0.2, 0.25) is 0 Å². The number of nitrogens with zero attached hydrogens (tertiary/aromatic N) is 3. The maximum Gasteiger partial charge on any atom is 0.471 e. The Morgan fingerprint density at radius 1 is 1.11 bits per heavy atom. The number of carboxylic acids is 1. The van der Waals surface area contributed by atoms with E-state index >= 15 is 0 Å². The lowest BCUT2D eigenvalue weighted by atomic mass is 10.1. The smallest absolute Gasteiger partial charge is 0.471 e. The van der Waals surface area contributed by atoms with Gasteiger partial charge in [-0.3, -0.25) is 4.79 Å². The molecule has 0 aliphatic heterocycles. The average Bonchev–Trinajstić information content (AvgIpc) is 2.58. The van der Waals surface area contributed by atoms with E-state index in [1.165, 1.54) is 25.3 Å². The molecule has 0 spiro atoms. The molecule has 1 aromatic rings. The summed E-state index contributed by atoms with van der Waals surface area (Å²) in [6, 6.07) is 3.97. The van der Waals surface area contributed by atoms with Gasteiger partial charge in [0.1, 0.15) is 0 Å². The molecule has 0 saturated heterocycles. The van der Waals surface area contributed by atoms with Crippen molar-refractivity contribution in [1.29, 1.82) is 0 Å². The van der Waals surface area contributed by atoms with Crippen LogP contribution in [0.1, 0.15) is 10.4 Å². The van der Waals surface area contributed by atoms with Crippen LogP contribution >= 0.6 is 12.4 Å². The second-order valence-electron chi connectivity index (χ2n) is 6.18. The van der Waals surface area contributed by atoms with Gasteiger partial charge in [-0.15, -0.1) is 12.4 Å². The molecule has 0 bridgehead atoms. The van der Waals surface area contributed by atoms with Gasteiger partial charge in [-0.05, 0) is 32.3 Å². The predicted molar refractivity (Wildman–Crippen MR) is 103 cm³/mol. The molecule has 1 amide bonds. The minimum atomic E-state index is -5.14. The molecule has 0 aromatic heterocycles. The molecule has 1 rings (SSSR count). The van der Waals surface area contributed by atoms with Crippen LogP contribution in [0, 0.1) is 0 Å². The summed E-state index contributed by atoms with van der Waals surface area (Å²) in [6.07, 6.45) is -5.14. The average molecular weight is 428 g/mol. The third-order valence-corrected chi connectivity index (χ3v) is 3.83. The van der Waals surface area contributed by atoms with Gasteiger partial charge >= 0.3 is 18.1 Å². The van der Waals surface area contributed by atoms with Gasteiger partial charge in [0.05, 0.1) is 17.9 Å². The lowest BCUT2D eigenvalue weighted by Gasteiger charge is -2.27. The number of ether oxygens (including phenoxy) is 1. The van der Waals surface area contributed by atoms with E-state index in [0.29, 0.717) is 23.7 Å². The zero-order valence-corrected chi connectivity index (χ0v) is 16.9. The molecule has 160 valence electrons. The number of amides is 1. The molecule has 0 radical (unpaired) electrons. The number of anilines is 2. The Kier molecular flexibility index (Phi) is 10.3. The molecule has 0 aliphatic rings. The lowest BCUT2D eigenvalue weighted by molar-refractivity contribution is -0.170. The summed E-state index contributed by atoms with van der Waals surface area (Å²) in [5.41, 5.74) is -0.223. The van der Waals surface area contributed by atoms with Gasteiger partial charge in [0.2, 0.25) is 0 Å². The van der Waals surface area contributed by atoms with Gasteiger partial charge in [-0.2, -0.15) is 13.2 Å². The third kappa shape index (κ3) is 7.17. The highest BCUT2D eigenvalue weighted by molar-refractivity contribution is 6.04. The van der Waals surface area contributed by atoms with E-state index in [-0.39, 0.29) is 24.7 Å². The van der Waals surface area contributed by atoms with Crippen LogP contribution in [0.25, 0.3) is 0 Å². The quantitative estimate of drug-likeness (QED) is 0.652. The standard InChI is InChI=1S/C17H24F3N3O4.ClH/c1-21(2)7-8-22(3)12-5-6-13(15(24)25)14(11-12)23(9-10-27-4)16(26)17(18,19)20;/h5-6,11H,7-10H2,1-4H3,(H,24,25);1H. The molecule has 0 heterocycles. The van der Waals surface area contributed by atoms with Crippen LogP contribution < -0.4 is 9.80 Å². The Morgan fingerprint density at radius 2 is 1.71 bits per heavy atom. The van der Waals surface area contributed by atoms with E-state index in [4.69, 9.17) is 4.74 Å². The summed E-state index contributed by atoms with van der Waals surface area (Å²) < 4.78 is 43.8. The van der Waals surface area contributed by atoms with Crippen molar-refractivity contribution in [2.75, 3.05) is 64.3 Å². The fraction of sp³-hybridized carbons (Fsp3) is 0.529. The number of carbonyl (C=O) groups excluding carboxylic acids is 1. The zero-order valence-electron chi connectivity index (χ0n) is 16.1. The number of carboxylic acid groups (broad SMARTS) is 1. The molecule has 0 aliphatic carbocycles. The number of hydrogen-bond donors (Lipinski definition) is 1. The Bertz CT molecular complexity index is 672. The molecule has 28 heavy (non-hydrogen) atoms. The van der Waals surface area contributed by atoms with Crippen molar-refractivity contribution in [3.05, 3.63) is 23.8 Å². The highest BCUT2D eigenvalue weighted by atomic mass is 35.5. The Balaban J connectivity index is 0.00000729. The first-order valence-corrected chi connectivity index (χ1v) is 8.09. The first-order valence-electron chi connectivity index (χ1n) is 8.09. The van der Waals surface area contributed by atoms with Crippen molar-refractivity contribution in [2.45, 2.75) is 6.18 Å². The Morgan fingerprint density at radius 3 is 2.18 bits per heavy atom. The van der Waals surface area contributed by atoms with Crippen LogP contribution in [0.5, 0.6) is 0 Å². The minimum absolute atomic E-state index is 0. The molecular weight excluding hydrogens is 403 g/mol. The fourth-order valence-corrected chi connectivity index (χ4v) is 2.31. The number of likely N-dealkylation sites (N-methyl/N-ethyl adjacent to an activating group) is 2. The van der Waals surface area contributed by atoms with Crippen LogP contribution in [0.15, 0.2) is 18.2 Å². The number of halogens is 4. The van der Waals surface area contributed by atoms with Gasteiger partial charge in [0.15, 0.2) is 0 Å². The van der Waals surface area contributed by atoms with E-state index < -0.39 is 30.2 Å². The van der Waals surface area contributed by atoms with Crippen molar-refractivity contribution in [3.8, 4) is 0 Å². The third-order valence-electron chi connectivity index (χ3n) is 3.83. The second kappa shape index (κ2) is 11.1. The van der Waals surface area contributed by atoms with E-state index in [0.717, 1.165) is 0 Å². The molecule has 0 unspecified atom stereocenters. The molecule has 7 nitrogen and oxygen atoms in total. The summed E-state index contributed by atoms with van der Waals surface area (Å²) in [4.78, 5) is 27.5. The van der Waals surface area contributed by atoms with Crippen molar-refractivity contribution >= 4 is 35.7 Å². The van der Waals surface area contributed by atoms with Crippen molar-refractivity contribution in [3.63, 3.8) is 0 Å². The number of methoxy groups -OCH3 is 1. The van der Waals surface area contributed by atoms with Gasteiger partial charge < -0.3 is 24.5 Å². The van der Waals surface area contributed by atoms with Gasteiger partial charge in [0, 0.05) is 39.5 Å². The number of carbonyl (C=O) groups is 2. The van der Waals surface area contributed by atoms with Crippen molar-refractivity contribution in [2.24, 2.45) is 0 Å². The summed E-state index contributed by atoms with van der Waals surface area (Å²) in [7, 11) is 6.76. The fourth-order valence-electron chi connectivity index (χ4n) is 2.31. The van der Waals surface area contributed by atoms with Crippen molar-refractivity contribution < 1.29 is 32.6 Å². The molecular formula is C17H25ClF3N3O4. The molecule has 1 aromatic carbocycles. The molecule has 0 fully saturated rings. The maximum absolute atomic E-state index is 13.0. The Labute approximate surface area is 168 Å². The second-order valence-corrected chi connectivity index (χ2v) is 6.18. The largest absolute Gasteiger partial charge is 0.478 e. The van der Waals surface area contributed by atoms with E-state index in [1.807, 2.05) is 19.0 Å². The van der Waals surface area contributed by atoms with E-state index in [9.17, 15) is 27.9 Å². The van der Waals surface area contributed by atoms with Crippen LogP contribution in [0.3, 0.4) is 0 Å². The number of hydrogen-bond acceptors (Lipinski definition) is 5. The van der Waals surface area contributed by atoms with Crippen molar-refractivity contribution in [1.82, 2.24) is 4.90 Å². The normalized spacial score (nSPS) is 11.1. The predicted octanol–water partition coefficient (Wildman–Crippen LogP) is 2.35. The van der Waals surface area contributed by atoms with E-state index in [1.54, 1.807) is 11.9 Å². The minimum Gasteiger partial charge on any atom is -0.478 e. The van der Waals surface area contributed by atoms with Gasteiger partial charge in [-0.1, -0.05) is 0 Å². The highest BCUT2D eigenvalue weighted by Crippen LogP contribution is 2.30. The maximum atomic E-state index is 13.0. The topological polar surface area (TPSA) is 73.3 Å². The number of benzene rings is 1. The number of aromatic carboxylic acids is 1. The van der Waals surface area contributed by atoms with Gasteiger partial charge in [0.25, 0.3) is 0 Å². The van der Waals surface area contributed by atoms with Crippen LogP contribution in [0.4, 0.5) is 24.5 Å².